The average molecular weight is 1020 g/mol. The van der Waals surface area contributed by atoms with Gasteiger partial charge in [-0.1, -0.05) is 13.8 Å². The molecule has 0 fully saturated rings. The van der Waals surface area contributed by atoms with E-state index < -0.39 is 16.8 Å². The molecule has 384 valence electrons. The fourth-order valence-electron chi connectivity index (χ4n) is 6.01. The lowest BCUT2D eigenvalue weighted by atomic mass is 9.91. The van der Waals surface area contributed by atoms with Gasteiger partial charge >= 0.3 is 17.9 Å². The number of nitrogens with one attached hydrogen (secondary N) is 1. The van der Waals surface area contributed by atoms with Crippen molar-refractivity contribution < 1.29 is 42.9 Å². The number of azo groups is 2. The fraction of sp³-hybridized carbons (Fsp3) is 0.241. The Kier molecular flexibility index (Phi) is 20.7. The third kappa shape index (κ3) is 17.0. The van der Waals surface area contributed by atoms with E-state index in [1.807, 2.05) is 65.8 Å². The number of ether oxygens (including phenoxy) is 5. The highest BCUT2D eigenvalue weighted by Gasteiger charge is 2.28. The molecule has 6 aromatic carbocycles. The maximum absolute atomic E-state index is 12.6. The Bertz CT molecular complexity index is 3020. The summed E-state index contributed by atoms with van der Waals surface area (Å²) in [6, 6.07) is 43.3. The van der Waals surface area contributed by atoms with Crippen LogP contribution in [0.2, 0.25) is 0 Å². The summed E-state index contributed by atoms with van der Waals surface area (Å²) in [6.07, 6.45) is 1.37. The second kappa shape index (κ2) is 27.7. The number of carbonyl (C=O) groups excluding carboxylic acids is 4. The van der Waals surface area contributed by atoms with Gasteiger partial charge in [0.1, 0.15) is 67.2 Å². The lowest BCUT2D eigenvalue weighted by Crippen LogP contribution is -2.27. The Balaban J connectivity index is 0.000000281. The van der Waals surface area contributed by atoms with Crippen LogP contribution in [0.4, 0.5) is 28.4 Å². The standard InChI is InChI=1S/C29H27N5O4.C29H26N4O5/c1-4-29(2,3)28(36)38-16-15-37-25-12-6-21(7-13-25)27(35)32-23-8-10-24(11-9-23)33-34-26-14-5-20(18-30)17-22(26)19-31;1-4-29(2,3)28(35)37-16-15-36-24-10-6-21(7-11-24)27(34)38-25-12-8-23(9-13-25)32-33-26-14-5-20(18-30)17-22(26)19-31/h5-14,17H,4,15-16H2,1-3H3,(H,32,35);5-14,17H,4,15-16H2,1-3H3. The number of rotatable bonds is 20. The van der Waals surface area contributed by atoms with Gasteiger partial charge in [0, 0.05) is 11.3 Å². The molecule has 6 aromatic rings. The molecule has 18 heteroatoms. The van der Waals surface area contributed by atoms with E-state index in [-0.39, 0.29) is 55.4 Å². The molecule has 1 amide bonds. The van der Waals surface area contributed by atoms with E-state index in [1.54, 1.807) is 121 Å². The van der Waals surface area contributed by atoms with Crippen molar-refractivity contribution >= 4 is 52.3 Å². The van der Waals surface area contributed by atoms with Crippen molar-refractivity contribution in [3.8, 4) is 41.5 Å². The Morgan fingerprint density at radius 2 is 0.895 bits per heavy atom. The number of hydrogen-bond acceptors (Lipinski definition) is 17. The number of carbonyl (C=O) groups is 4. The van der Waals surface area contributed by atoms with Crippen molar-refractivity contribution in [3.05, 3.63) is 167 Å². The topological polar surface area (TPSA) is 271 Å². The second-order valence-electron chi connectivity index (χ2n) is 17.7. The summed E-state index contributed by atoms with van der Waals surface area (Å²) in [5.74, 6) is 0.0501. The maximum Gasteiger partial charge on any atom is 0.343 e. The van der Waals surface area contributed by atoms with Gasteiger partial charge in [-0.05, 0) is 174 Å². The third-order valence-corrected chi connectivity index (χ3v) is 11.5. The molecule has 0 aliphatic heterocycles. The fourth-order valence-corrected chi connectivity index (χ4v) is 6.01. The lowest BCUT2D eigenvalue weighted by Gasteiger charge is -2.20. The van der Waals surface area contributed by atoms with Crippen LogP contribution in [0.5, 0.6) is 17.2 Å². The first-order valence-electron chi connectivity index (χ1n) is 23.8. The number of hydrogen-bond donors (Lipinski definition) is 1. The highest BCUT2D eigenvalue weighted by Crippen LogP contribution is 2.28. The summed E-state index contributed by atoms with van der Waals surface area (Å²) in [7, 11) is 0. The minimum atomic E-state index is -0.544. The molecule has 6 rings (SSSR count). The molecular weight excluding hydrogens is 967 g/mol. The van der Waals surface area contributed by atoms with Gasteiger partial charge < -0.3 is 29.0 Å². The second-order valence-corrected chi connectivity index (χ2v) is 17.7. The predicted octanol–water partition coefficient (Wildman–Crippen LogP) is 12.9. The van der Waals surface area contributed by atoms with Crippen molar-refractivity contribution in [1.29, 1.82) is 21.0 Å². The van der Waals surface area contributed by atoms with Crippen molar-refractivity contribution in [2.24, 2.45) is 31.3 Å². The van der Waals surface area contributed by atoms with Gasteiger partial charge in [0.2, 0.25) is 0 Å². The summed E-state index contributed by atoms with van der Waals surface area (Å²) >= 11 is 0. The Morgan fingerprint density at radius 3 is 1.30 bits per heavy atom. The Morgan fingerprint density at radius 1 is 0.487 bits per heavy atom. The number of nitriles is 4. The number of amides is 1. The van der Waals surface area contributed by atoms with Crippen molar-refractivity contribution in [3.63, 3.8) is 0 Å². The van der Waals surface area contributed by atoms with Crippen LogP contribution < -0.4 is 19.5 Å². The van der Waals surface area contributed by atoms with Crippen LogP contribution in [-0.2, 0) is 19.1 Å². The molecule has 0 saturated heterocycles. The molecule has 0 radical (unpaired) electrons. The molecule has 0 heterocycles. The van der Waals surface area contributed by atoms with Crippen LogP contribution >= 0.6 is 0 Å². The summed E-state index contributed by atoms with van der Waals surface area (Å²) in [6.45, 7) is 11.9. The average Bonchev–Trinajstić information content (AvgIpc) is 3.45. The van der Waals surface area contributed by atoms with E-state index in [9.17, 15) is 29.7 Å². The van der Waals surface area contributed by atoms with Gasteiger partial charge in [0.15, 0.2) is 0 Å². The molecule has 0 aliphatic rings. The van der Waals surface area contributed by atoms with Crippen LogP contribution in [0.1, 0.15) is 97.4 Å². The summed E-state index contributed by atoms with van der Waals surface area (Å²) in [5, 5.41) is 55.5. The maximum atomic E-state index is 12.6. The summed E-state index contributed by atoms with van der Waals surface area (Å²) in [4.78, 5) is 49.0. The zero-order valence-electron chi connectivity index (χ0n) is 42.7. The monoisotopic (exact) mass is 1020 g/mol. The Hall–Kier alpha value is -10.0. The highest BCUT2D eigenvalue weighted by molar-refractivity contribution is 6.04. The lowest BCUT2D eigenvalue weighted by molar-refractivity contribution is -0.155. The minimum Gasteiger partial charge on any atom is -0.490 e. The van der Waals surface area contributed by atoms with Gasteiger partial charge in [-0.15, -0.1) is 10.2 Å². The Labute approximate surface area is 440 Å². The van der Waals surface area contributed by atoms with Gasteiger partial charge in [-0.2, -0.15) is 31.3 Å². The van der Waals surface area contributed by atoms with Crippen LogP contribution in [0.25, 0.3) is 0 Å². The summed E-state index contributed by atoms with van der Waals surface area (Å²) < 4.78 is 27.1. The van der Waals surface area contributed by atoms with Crippen LogP contribution in [0, 0.1) is 56.2 Å². The van der Waals surface area contributed by atoms with Crippen LogP contribution in [-0.4, -0.2) is 50.2 Å². The molecule has 76 heavy (non-hydrogen) atoms. The zero-order valence-corrected chi connectivity index (χ0v) is 42.7. The van der Waals surface area contributed by atoms with Crippen LogP contribution in [0.15, 0.2) is 154 Å². The van der Waals surface area contributed by atoms with Crippen LogP contribution in [0.3, 0.4) is 0 Å². The van der Waals surface area contributed by atoms with E-state index in [0.717, 1.165) is 0 Å². The predicted molar refractivity (Wildman–Crippen MR) is 280 cm³/mol. The van der Waals surface area contributed by atoms with E-state index in [0.29, 0.717) is 80.8 Å². The largest absolute Gasteiger partial charge is 0.490 e. The number of anilines is 1. The normalized spacial score (nSPS) is 10.9. The zero-order chi connectivity index (χ0) is 55.1. The molecule has 0 unspecified atom stereocenters. The highest BCUT2D eigenvalue weighted by atomic mass is 16.6. The third-order valence-electron chi connectivity index (χ3n) is 11.5. The van der Waals surface area contributed by atoms with Crippen molar-refractivity contribution in [1.82, 2.24) is 0 Å². The molecule has 1 N–H and O–H groups in total. The van der Waals surface area contributed by atoms with E-state index in [2.05, 4.69) is 25.8 Å². The first-order valence-corrected chi connectivity index (χ1v) is 23.8. The smallest absolute Gasteiger partial charge is 0.343 e. The summed E-state index contributed by atoms with van der Waals surface area (Å²) in [5.41, 5.74) is 3.26. The molecule has 0 bridgehead atoms. The van der Waals surface area contributed by atoms with Gasteiger partial charge in [0.25, 0.3) is 5.91 Å². The first-order chi connectivity index (χ1) is 36.5. The van der Waals surface area contributed by atoms with E-state index >= 15 is 0 Å². The quantitative estimate of drug-likeness (QED) is 0.0323. The van der Waals surface area contributed by atoms with Gasteiger partial charge in [-0.25, -0.2) is 4.79 Å². The minimum absolute atomic E-state index is 0.134. The first kappa shape index (κ1) is 56.9. The molecule has 0 saturated carbocycles. The van der Waals surface area contributed by atoms with Crippen molar-refractivity contribution in [2.75, 3.05) is 31.7 Å². The number of nitrogens with zero attached hydrogens (tertiary/aromatic N) is 8. The van der Waals surface area contributed by atoms with Crippen molar-refractivity contribution in [2.45, 2.75) is 54.4 Å². The molecular formula is C58H53N9O9. The molecule has 18 nitrogen and oxygen atoms in total. The number of benzene rings is 6. The number of esters is 3. The molecule has 0 aromatic heterocycles. The molecule has 0 aliphatic carbocycles. The van der Waals surface area contributed by atoms with Gasteiger partial charge in [-0.3, -0.25) is 14.4 Å². The van der Waals surface area contributed by atoms with E-state index in [1.165, 1.54) is 12.1 Å². The molecule has 0 spiro atoms. The van der Waals surface area contributed by atoms with E-state index in [4.69, 9.17) is 34.2 Å². The van der Waals surface area contributed by atoms with Gasteiger partial charge in [0.05, 0.1) is 62.2 Å². The SMILES string of the molecule is CCC(C)(C)C(=O)OCCOc1ccc(C(=O)Nc2ccc(N=Nc3ccc(C#N)cc3C#N)cc2)cc1.CCC(C)(C)C(=O)OCCOc1ccc(C(=O)Oc2ccc(N=Nc3ccc(C#N)cc3C#N)cc2)cc1. The molecule has 0 atom stereocenters.